The molecule has 1 aliphatic carbocycles. The second-order valence-corrected chi connectivity index (χ2v) is 8.50. The summed E-state index contributed by atoms with van der Waals surface area (Å²) in [7, 11) is 0. The van der Waals surface area contributed by atoms with Crippen LogP contribution in [0.15, 0.2) is 18.2 Å². The van der Waals surface area contributed by atoms with Crippen LogP contribution in [0.25, 0.3) is 0 Å². The van der Waals surface area contributed by atoms with Crippen molar-refractivity contribution in [2.75, 3.05) is 6.54 Å². The predicted octanol–water partition coefficient (Wildman–Crippen LogP) is 5.38. The Kier molecular flexibility index (Phi) is 11.4. The molecule has 0 aromatic heterocycles. The molecule has 0 aliphatic heterocycles. The van der Waals surface area contributed by atoms with Gasteiger partial charge in [0.05, 0.1) is 0 Å². The summed E-state index contributed by atoms with van der Waals surface area (Å²) in [5, 5.41) is 9.47. The Hall–Kier alpha value is -1.46. The topological polar surface area (TPSA) is 89.3 Å². The Balaban J connectivity index is 0.000000321. The summed E-state index contributed by atoms with van der Waals surface area (Å²) >= 11 is 0. The van der Waals surface area contributed by atoms with Crippen molar-refractivity contribution in [3.8, 4) is 0 Å². The van der Waals surface area contributed by atoms with Gasteiger partial charge in [-0.15, -0.1) is 0 Å². The first kappa shape index (κ1) is 25.6. The summed E-state index contributed by atoms with van der Waals surface area (Å²) in [5.74, 6) is -0.241. The number of hydrogen-bond acceptors (Lipinski definition) is 3. The first-order chi connectivity index (χ1) is 13.8. The molecule has 4 nitrogen and oxygen atoms in total. The Morgan fingerprint density at radius 3 is 2.55 bits per heavy atom. The molecule has 0 saturated heterocycles. The fraction of sp³-hybridized carbons (Fsp3) is 0.708. The summed E-state index contributed by atoms with van der Waals surface area (Å²) in [6.45, 7) is 7.00. The minimum Gasteiger partial charge on any atom is -0.480 e. The second kappa shape index (κ2) is 13.0. The molecule has 1 aromatic carbocycles. The fourth-order valence-electron chi connectivity index (χ4n) is 4.31. The highest BCUT2D eigenvalue weighted by Gasteiger charge is 2.40. The third kappa shape index (κ3) is 7.71. The molecule has 0 amide bonds. The van der Waals surface area contributed by atoms with Crippen molar-refractivity contribution in [3.05, 3.63) is 35.1 Å². The number of unbranched alkanes of at least 4 members (excludes halogenated alkanes) is 2. The number of rotatable bonds is 11. The maximum Gasteiger partial charge on any atom is 0.323 e. The largest absolute Gasteiger partial charge is 0.480 e. The second-order valence-electron chi connectivity index (χ2n) is 8.50. The number of hydrogen-bond donors (Lipinski definition) is 3. The number of aryl methyl sites for hydroxylation is 1. The zero-order valence-corrected chi connectivity index (χ0v) is 18.6. The van der Waals surface area contributed by atoms with Gasteiger partial charge in [-0.05, 0) is 86.6 Å². The molecule has 0 radical (unpaired) electrons. The lowest BCUT2D eigenvalue weighted by Gasteiger charge is -2.34. The molecule has 29 heavy (non-hydrogen) atoms. The number of aliphatic carboxylic acids is 1. The number of fused-ring (bicyclic) bond motifs is 1. The summed E-state index contributed by atoms with van der Waals surface area (Å²) in [4.78, 5) is 11.5. The number of nitrogens with two attached hydrogens (primary N) is 2. The Morgan fingerprint density at radius 1 is 1.24 bits per heavy atom. The molecule has 1 aliphatic rings. The average Bonchev–Trinajstić information content (AvgIpc) is 3.05. The van der Waals surface area contributed by atoms with E-state index in [0.29, 0.717) is 18.9 Å². The van der Waals surface area contributed by atoms with Crippen LogP contribution in [0.5, 0.6) is 0 Å². The summed E-state index contributed by atoms with van der Waals surface area (Å²) in [6, 6.07) is 5.14. The Labute approximate surface area is 176 Å². The number of halogens is 1. The molecular weight excluding hydrogens is 367 g/mol. The van der Waals surface area contributed by atoms with Crippen LogP contribution in [0.2, 0.25) is 0 Å². The van der Waals surface area contributed by atoms with E-state index in [9.17, 15) is 14.3 Å². The lowest BCUT2D eigenvalue weighted by atomic mass is 9.75. The third-order valence-electron chi connectivity index (χ3n) is 6.20. The van der Waals surface area contributed by atoms with Crippen LogP contribution in [0.3, 0.4) is 0 Å². The van der Waals surface area contributed by atoms with Gasteiger partial charge in [0.2, 0.25) is 0 Å². The fourth-order valence-corrected chi connectivity index (χ4v) is 4.31. The molecular formula is C24H41FN2O2. The molecule has 0 saturated carbocycles. The van der Waals surface area contributed by atoms with Gasteiger partial charge in [0, 0.05) is 0 Å². The zero-order valence-electron chi connectivity index (χ0n) is 18.6. The maximum atomic E-state index is 12.7. The molecule has 166 valence electrons. The van der Waals surface area contributed by atoms with E-state index in [4.69, 9.17) is 11.5 Å². The number of carboxylic acids is 1. The van der Waals surface area contributed by atoms with Crippen LogP contribution >= 0.6 is 0 Å². The molecule has 0 bridgehead atoms. The predicted molar refractivity (Wildman–Crippen MR) is 119 cm³/mol. The van der Waals surface area contributed by atoms with Crippen molar-refractivity contribution in [1.29, 1.82) is 0 Å². The zero-order chi connectivity index (χ0) is 21.9. The molecule has 5 heteroatoms. The summed E-state index contributed by atoms with van der Waals surface area (Å²) in [5.41, 5.74) is 13.1. The molecule has 2 rings (SSSR count). The van der Waals surface area contributed by atoms with Crippen LogP contribution < -0.4 is 11.5 Å². The first-order valence-electron chi connectivity index (χ1n) is 11.3. The summed E-state index contributed by atoms with van der Waals surface area (Å²) < 4.78 is 12.7. The lowest BCUT2D eigenvalue weighted by Crippen LogP contribution is -2.54. The highest BCUT2D eigenvalue weighted by molar-refractivity contribution is 5.78. The van der Waals surface area contributed by atoms with Crippen LogP contribution in [-0.4, -0.2) is 23.2 Å². The van der Waals surface area contributed by atoms with Crippen molar-refractivity contribution in [2.24, 2.45) is 17.4 Å². The van der Waals surface area contributed by atoms with E-state index in [-0.39, 0.29) is 11.7 Å². The Morgan fingerprint density at radius 2 is 1.97 bits per heavy atom. The standard InChI is InChI=1S/C14H30N2O2.C10H11F/c1-3-5-9-12(8-4-2)14(16,13(17)18)10-6-7-11-15;1-7-2-3-8-6-9(11)4-5-10(7)8/h12H,3-11,15-16H2,1-2H3,(H,17,18);4-7H,2-3H2,1H3. The van der Waals surface area contributed by atoms with Gasteiger partial charge in [-0.25, -0.2) is 4.39 Å². The van der Waals surface area contributed by atoms with E-state index < -0.39 is 11.5 Å². The quantitative estimate of drug-likeness (QED) is 0.429. The third-order valence-corrected chi connectivity index (χ3v) is 6.20. The molecule has 5 N–H and O–H groups in total. The molecule has 3 unspecified atom stereocenters. The van der Waals surface area contributed by atoms with Gasteiger partial charge in [0.25, 0.3) is 0 Å². The van der Waals surface area contributed by atoms with Crippen LogP contribution in [0.1, 0.15) is 95.6 Å². The summed E-state index contributed by atoms with van der Waals surface area (Å²) in [6.07, 6.45) is 9.33. The number of benzene rings is 1. The average molecular weight is 409 g/mol. The lowest BCUT2D eigenvalue weighted by molar-refractivity contribution is -0.146. The van der Waals surface area contributed by atoms with Crippen LogP contribution in [0.4, 0.5) is 4.39 Å². The molecule has 3 atom stereocenters. The van der Waals surface area contributed by atoms with Gasteiger partial charge in [-0.1, -0.05) is 46.1 Å². The van der Waals surface area contributed by atoms with Gasteiger partial charge in [-0.3, -0.25) is 4.79 Å². The Bertz CT molecular complexity index is 623. The SMILES string of the molecule is CC1CCc2cc(F)ccc21.CCCCC(CCC)C(N)(CCCCN)C(=O)O. The maximum absolute atomic E-state index is 12.7. The molecule has 0 spiro atoms. The number of carbonyl (C=O) groups is 1. The van der Waals surface area contributed by atoms with Gasteiger partial charge >= 0.3 is 5.97 Å². The van der Waals surface area contributed by atoms with E-state index in [1.165, 1.54) is 17.5 Å². The molecule has 0 fully saturated rings. The minimum atomic E-state index is -1.07. The first-order valence-corrected chi connectivity index (χ1v) is 11.3. The van der Waals surface area contributed by atoms with Gasteiger partial charge < -0.3 is 16.6 Å². The van der Waals surface area contributed by atoms with Crippen molar-refractivity contribution >= 4 is 5.97 Å². The van der Waals surface area contributed by atoms with E-state index >= 15 is 0 Å². The van der Waals surface area contributed by atoms with Crippen molar-refractivity contribution in [2.45, 2.75) is 96.4 Å². The normalized spacial score (nSPS) is 18.3. The van der Waals surface area contributed by atoms with E-state index in [1.807, 2.05) is 6.07 Å². The van der Waals surface area contributed by atoms with Crippen molar-refractivity contribution < 1.29 is 14.3 Å². The monoisotopic (exact) mass is 408 g/mol. The van der Waals surface area contributed by atoms with Crippen molar-refractivity contribution in [1.82, 2.24) is 0 Å². The molecule has 0 heterocycles. The van der Waals surface area contributed by atoms with Crippen LogP contribution in [-0.2, 0) is 11.2 Å². The van der Waals surface area contributed by atoms with E-state index in [0.717, 1.165) is 51.4 Å². The van der Waals surface area contributed by atoms with Gasteiger partial charge in [0.1, 0.15) is 11.4 Å². The smallest absolute Gasteiger partial charge is 0.323 e. The van der Waals surface area contributed by atoms with E-state index in [2.05, 4.69) is 20.8 Å². The number of carboxylic acid groups (broad SMARTS) is 1. The molecule has 1 aromatic rings. The van der Waals surface area contributed by atoms with Crippen LogP contribution in [0, 0.1) is 11.7 Å². The minimum absolute atomic E-state index is 0.0812. The van der Waals surface area contributed by atoms with Crippen molar-refractivity contribution in [3.63, 3.8) is 0 Å². The highest BCUT2D eigenvalue weighted by atomic mass is 19.1. The highest BCUT2D eigenvalue weighted by Crippen LogP contribution is 2.32. The van der Waals surface area contributed by atoms with E-state index in [1.54, 1.807) is 12.1 Å². The van der Waals surface area contributed by atoms with Gasteiger partial charge in [-0.2, -0.15) is 0 Å². The van der Waals surface area contributed by atoms with Gasteiger partial charge in [0.15, 0.2) is 0 Å².